The number of aromatic nitrogens is 2. The summed E-state index contributed by atoms with van der Waals surface area (Å²) in [5.41, 5.74) is 10.1. The molecule has 1 saturated heterocycles. The fourth-order valence-electron chi connectivity index (χ4n) is 2.85. The van der Waals surface area contributed by atoms with Gasteiger partial charge in [0, 0.05) is 13.1 Å². The van der Waals surface area contributed by atoms with E-state index < -0.39 is 10.0 Å². The summed E-state index contributed by atoms with van der Waals surface area (Å²) < 4.78 is 24.8. The van der Waals surface area contributed by atoms with Gasteiger partial charge in [-0.05, 0) is 37.8 Å². The normalized spacial score (nSPS) is 15.8. The fourth-order valence-corrected chi connectivity index (χ4v) is 3.69. The fraction of sp³-hybridized carbons (Fsp3) is 0.412. The molecule has 1 fully saturated rings. The SMILES string of the molecule is Cc1ccc(S(=O)(=O)NNc2ncnc(N3CCC(C)CC3)c2N)cc1. The molecule has 0 saturated carbocycles. The number of nitrogens with one attached hydrogen (secondary N) is 2. The van der Waals surface area contributed by atoms with Crippen molar-refractivity contribution in [1.82, 2.24) is 14.8 Å². The predicted molar refractivity (Wildman–Crippen MR) is 102 cm³/mol. The van der Waals surface area contributed by atoms with E-state index in [-0.39, 0.29) is 10.7 Å². The molecule has 9 heteroatoms. The smallest absolute Gasteiger partial charge is 0.257 e. The van der Waals surface area contributed by atoms with E-state index >= 15 is 0 Å². The van der Waals surface area contributed by atoms with Crippen molar-refractivity contribution in [3.05, 3.63) is 36.2 Å². The van der Waals surface area contributed by atoms with Crippen molar-refractivity contribution in [3.63, 3.8) is 0 Å². The molecule has 0 radical (unpaired) electrons. The average Bonchev–Trinajstić information content (AvgIpc) is 2.62. The molecule has 0 aliphatic carbocycles. The molecule has 3 rings (SSSR count). The maximum absolute atomic E-state index is 12.4. The summed E-state index contributed by atoms with van der Waals surface area (Å²) in [5.74, 6) is 1.56. The molecule has 2 aromatic rings. The lowest BCUT2D eigenvalue weighted by molar-refractivity contribution is 0.437. The summed E-state index contributed by atoms with van der Waals surface area (Å²) in [5, 5.41) is 0. The lowest BCUT2D eigenvalue weighted by atomic mass is 9.99. The van der Waals surface area contributed by atoms with Gasteiger partial charge in [0.05, 0.1) is 4.90 Å². The monoisotopic (exact) mass is 376 g/mol. The van der Waals surface area contributed by atoms with Crippen LogP contribution in [0.4, 0.5) is 17.3 Å². The van der Waals surface area contributed by atoms with Gasteiger partial charge < -0.3 is 10.6 Å². The summed E-state index contributed by atoms with van der Waals surface area (Å²) in [6.07, 6.45) is 3.53. The Morgan fingerprint density at radius 3 is 2.46 bits per heavy atom. The van der Waals surface area contributed by atoms with Crippen LogP contribution in [0.15, 0.2) is 35.5 Å². The van der Waals surface area contributed by atoms with E-state index in [1.54, 1.807) is 24.3 Å². The molecule has 1 aliphatic rings. The molecule has 1 aliphatic heterocycles. The van der Waals surface area contributed by atoms with E-state index in [1.165, 1.54) is 6.33 Å². The predicted octanol–water partition coefficient (Wildman–Crippen LogP) is 1.91. The molecule has 0 atom stereocenters. The van der Waals surface area contributed by atoms with Crippen LogP contribution in [0.5, 0.6) is 0 Å². The van der Waals surface area contributed by atoms with Crippen molar-refractivity contribution >= 4 is 27.3 Å². The van der Waals surface area contributed by atoms with E-state index in [1.807, 2.05) is 6.92 Å². The first-order valence-corrected chi connectivity index (χ1v) is 10.0. The van der Waals surface area contributed by atoms with Crippen LogP contribution in [0.2, 0.25) is 0 Å². The van der Waals surface area contributed by atoms with Gasteiger partial charge in [0.15, 0.2) is 11.6 Å². The highest BCUT2D eigenvalue weighted by molar-refractivity contribution is 7.89. The number of nitrogens with two attached hydrogens (primary N) is 1. The van der Waals surface area contributed by atoms with Gasteiger partial charge >= 0.3 is 0 Å². The lowest BCUT2D eigenvalue weighted by Crippen LogP contribution is -2.35. The van der Waals surface area contributed by atoms with Crippen molar-refractivity contribution in [2.75, 3.05) is 29.1 Å². The minimum atomic E-state index is -3.73. The number of anilines is 3. The first-order valence-electron chi connectivity index (χ1n) is 8.57. The topological polar surface area (TPSA) is 113 Å². The summed E-state index contributed by atoms with van der Waals surface area (Å²) in [7, 11) is -3.73. The summed E-state index contributed by atoms with van der Waals surface area (Å²) in [4.78, 5) is 12.9. The Balaban J connectivity index is 1.74. The highest BCUT2D eigenvalue weighted by Gasteiger charge is 2.21. The molecule has 8 nitrogen and oxygen atoms in total. The van der Waals surface area contributed by atoms with Crippen LogP contribution < -0.4 is 20.9 Å². The van der Waals surface area contributed by atoms with Gasteiger partial charge in [-0.25, -0.2) is 18.4 Å². The standard InChI is InChI=1S/C17H24N6O2S/c1-12-3-5-14(6-4-12)26(24,25)22-21-16-15(18)17(20-11-19-16)23-9-7-13(2)8-10-23/h3-6,11,13,22H,7-10,18H2,1-2H3,(H,19,20,21). The van der Waals surface area contributed by atoms with E-state index in [0.717, 1.165) is 31.5 Å². The van der Waals surface area contributed by atoms with Crippen molar-refractivity contribution in [1.29, 1.82) is 0 Å². The van der Waals surface area contributed by atoms with Gasteiger partial charge in [0.25, 0.3) is 10.0 Å². The van der Waals surface area contributed by atoms with E-state index in [9.17, 15) is 8.42 Å². The number of hydrogen-bond acceptors (Lipinski definition) is 7. The quantitative estimate of drug-likeness (QED) is 0.683. The van der Waals surface area contributed by atoms with E-state index in [2.05, 4.69) is 32.0 Å². The third-order valence-electron chi connectivity index (χ3n) is 4.58. The average molecular weight is 376 g/mol. The van der Waals surface area contributed by atoms with Crippen LogP contribution in [0.25, 0.3) is 0 Å². The van der Waals surface area contributed by atoms with Crippen LogP contribution in [-0.4, -0.2) is 31.5 Å². The second-order valence-corrected chi connectivity index (χ2v) is 8.36. The minimum absolute atomic E-state index is 0.161. The first kappa shape index (κ1) is 18.4. The second kappa shape index (κ2) is 7.46. The Morgan fingerprint density at radius 1 is 1.15 bits per heavy atom. The highest BCUT2D eigenvalue weighted by atomic mass is 32.2. The molecule has 0 amide bonds. The van der Waals surface area contributed by atoms with Crippen LogP contribution in [0.1, 0.15) is 25.3 Å². The zero-order chi connectivity index (χ0) is 18.7. The molecular weight excluding hydrogens is 352 g/mol. The van der Waals surface area contributed by atoms with Gasteiger partial charge in [-0.15, -0.1) is 4.83 Å². The maximum Gasteiger partial charge on any atom is 0.257 e. The maximum atomic E-state index is 12.4. The minimum Gasteiger partial charge on any atom is -0.393 e. The summed E-state index contributed by atoms with van der Waals surface area (Å²) in [6.45, 7) is 5.87. The molecule has 140 valence electrons. The number of rotatable bonds is 5. The molecule has 2 heterocycles. The number of hydrogen-bond donors (Lipinski definition) is 3. The van der Waals surface area contributed by atoms with Gasteiger partial charge in [0.2, 0.25) is 0 Å². The Hall–Kier alpha value is -2.39. The molecular formula is C17H24N6O2S. The molecule has 1 aromatic heterocycles. The number of nitrogens with zero attached hydrogens (tertiary/aromatic N) is 3. The van der Waals surface area contributed by atoms with E-state index in [0.29, 0.717) is 17.4 Å². The number of piperidine rings is 1. The molecule has 0 unspecified atom stereocenters. The van der Waals surface area contributed by atoms with Gasteiger partial charge in [-0.1, -0.05) is 24.6 Å². The Morgan fingerprint density at radius 2 is 1.81 bits per heavy atom. The van der Waals surface area contributed by atoms with Crippen molar-refractivity contribution in [3.8, 4) is 0 Å². The Kier molecular flexibility index (Phi) is 5.28. The number of hydrazine groups is 1. The van der Waals surface area contributed by atoms with Crippen LogP contribution in [0.3, 0.4) is 0 Å². The van der Waals surface area contributed by atoms with Crippen molar-refractivity contribution < 1.29 is 8.42 Å². The van der Waals surface area contributed by atoms with Crippen LogP contribution >= 0.6 is 0 Å². The van der Waals surface area contributed by atoms with Crippen LogP contribution in [-0.2, 0) is 10.0 Å². The summed E-state index contributed by atoms with van der Waals surface area (Å²) >= 11 is 0. The number of aryl methyl sites for hydroxylation is 1. The summed E-state index contributed by atoms with van der Waals surface area (Å²) in [6, 6.07) is 6.57. The third-order valence-corrected chi connectivity index (χ3v) is 5.84. The van der Waals surface area contributed by atoms with E-state index in [4.69, 9.17) is 5.73 Å². The molecule has 0 spiro atoms. The number of nitrogen functional groups attached to an aromatic ring is 1. The van der Waals surface area contributed by atoms with Crippen molar-refractivity contribution in [2.45, 2.75) is 31.6 Å². The Bertz CT molecular complexity index is 861. The lowest BCUT2D eigenvalue weighted by Gasteiger charge is -2.32. The zero-order valence-corrected chi connectivity index (χ0v) is 15.8. The Labute approximate surface area is 153 Å². The third kappa shape index (κ3) is 4.05. The molecule has 1 aromatic carbocycles. The van der Waals surface area contributed by atoms with Gasteiger partial charge in [-0.2, -0.15) is 0 Å². The first-order chi connectivity index (χ1) is 12.4. The van der Waals surface area contributed by atoms with Crippen molar-refractivity contribution in [2.24, 2.45) is 5.92 Å². The molecule has 26 heavy (non-hydrogen) atoms. The molecule has 0 bridgehead atoms. The highest BCUT2D eigenvalue weighted by Crippen LogP contribution is 2.29. The largest absolute Gasteiger partial charge is 0.393 e. The van der Waals surface area contributed by atoms with Crippen LogP contribution in [0, 0.1) is 12.8 Å². The zero-order valence-electron chi connectivity index (χ0n) is 14.9. The number of benzene rings is 1. The van der Waals surface area contributed by atoms with Gasteiger partial charge in [-0.3, -0.25) is 5.43 Å². The van der Waals surface area contributed by atoms with Gasteiger partial charge in [0.1, 0.15) is 12.0 Å². The molecule has 4 N–H and O–H groups in total. The number of sulfonamides is 1. The second-order valence-electron chi connectivity index (χ2n) is 6.67.